The van der Waals surface area contributed by atoms with Crippen LogP contribution in [0.25, 0.3) is 0 Å². The number of benzene rings is 1. The van der Waals surface area contributed by atoms with Crippen molar-refractivity contribution < 1.29 is 37.5 Å². The molecule has 3 heterocycles. The summed E-state index contributed by atoms with van der Waals surface area (Å²) in [6, 6.07) is 7.43. The second-order valence-electron chi connectivity index (χ2n) is 7.11. The summed E-state index contributed by atoms with van der Waals surface area (Å²) in [7, 11) is 0. The van der Waals surface area contributed by atoms with E-state index >= 15 is 0 Å². The Morgan fingerprint density at radius 1 is 1.24 bits per heavy atom. The summed E-state index contributed by atoms with van der Waals surface area (Å²) in [5.74, 6) is -1.59. The second kappa shape index (κ2) is 9.55. The van der Waals surface area contributed by atoms with Crippen molar-refractivity contribution in [3.8, 4) is 0 Å². The molecule has 1 aromatic carbocycles. The van der Waals surface area contributed by atoms with E-state index in [1.165, 1.54) is 24.5 Å². The lowest BCUT2D eigenvalue weighted by Crippen LogP contribution is -2.47. The van der Waals surface area contributed by atoms with Crippen LogP contribution in [0.4, 0.5) is 9.18 Å². The van der Waals surface area contributed by atoms with Crippen molar-refractivity contribution in [1.29, 1.82) is 0 Å². The van der Waals surface area contributed by atoms with Crippen LogP contribution in [0.5, 0.6) is 0 Å². The van der Waals surface area contributed by atoms with E-state index in [-0.39, 0.29) is 24.3 Å². The first kappa shape index (κ1) is 22.1. The normalized spacial score (nSPS) is 19.8. The van der Waals surface area contributed by atoms with Gasteiger partial charge in [0.25, 0.3) is 0 Å². The zero-order valence-corrected chi connectivity index (χ0v) is 17.5. The molecule has 10 nitrogen and oxygen atoms in total. The van der Waals surface area contributed by atoms with Crippen molar-refractivity contribution in [3.63, 3.8) is 0 Å². The number of halogens is 1. The maximum absolute atomic E-state index is 13.4. The fourth-order valence-electron chi connectivity index (χ4n) is 3.43. The number of ether oxygens (including phenoxy) is 2. The first-order valence-corrected chi connectivity index (χ1v) is 10.1. The van der Waals surface area contributed by atoms with Crippen molar-refractivity contribution in [2.45, 2.75) is 25.5 Å². The Morgan fingerprint density at radius 2 is 2.09 bits per heavy atom. The molecule has 0 radical (unpaired) electrons. The van der Waals surface area contributed by atoms with Gasteiger partial charge in [-0.1, -0.05) is 17.3 Å². The minimum absolute atomic E-state index is 0.0447. The van der Waals surface area contributed by atoms with Crippen LogP contribution in [0.3, 0.4) is 0 Å². The summed E-state index contributed by atoms with van der Waals surface area (Å²) in [4.78, 5) is 42.5. The molecular formula is C22H20FN3O7. The number of hydrogen-bond acceptors (Lipinski definition) is 8. The quantitative estimate of drug-likeness (QED) is 0.611. The summed E-state index contributed by atoms with van der Waals surface area (Å²) in [5.41, 5.74) is 0.986. The van der Waals surface area contributed by atoms with Gasteiger partial charge in [0, 0.05) is 12.0 Å². The lowest BCUT2D eigenvalue weighted by atomic mass is 10.0. The number of hydrogen-bond donors (Lipinski definition) is 2. The summed E-state index contributed by atoms with van der Waals surface area (Å²) in [5, 5.41) is 8.92. The molecule has 1 aromatic heterocycles. The molecule has 2 aliphatic rings. The zero-order chi connectivity index (χ0) is 23.4. The monoisotopic (exact) mass is 457 g/mol. The van der Waals surface area contributed by atoms with Crippen LogP contribution in [0.15, 0.2) is 63.5 Å². The fourth-order valence-corrected chi connectivity index (χ4v) is 3.43. The first-order chi connectivity index (χ1) is 16.0. The number of nitrogens with zero attached hydrogens (tertiary/aromatic N) is 1. The molecule has 172 valence electrons. The molecule has 2 aliphatic heterocycles. The highest BCUT2D eigenvalue weighted by molar-refractivity contribution is 6.03. The number of furan rings is 1. The van der Waals surface area contributed by atoms with Crippen molar-refractivity contribution in [3.05, 3.63) is 71.1 Å². The van der Waals surface area contributed by atoms with Gasteiger partial charge in [-0.2, -0.15) is 0 Å². The predicted octanol–water partition coefficient (Wildman–Crippen LogP) is 2.33. The van der Waals surface area contributed by atoms with Gasteiger partial charge in [-0.25, -0.2) is 18.8 Å². The minimum Gasteiger partial charge on any atom is -0.467 e. The van der Waals surface area contributed by atoms with Crippen molar-refractivity contribution in [2.24, 2.45) is 5.16 Å². The van der Waals surface area contributed by atoms with E-state index in [4.69, 9.17) is 18.7 Å². The van der Waals surface area contributed by atoms with Crippen LogP contribution < -0.4 is 10.6 Å². The Morgan fingerprint density at radius 3 is 2.82 bits per heavy atom. The van der Waals surface area contributed by atoms with Crippen molar-refractivity contribution in [1.82, 2.24) is 10.6 Å². The molecule has 2 atom stereocenters. The molecule has 2 aromatic rings. The molecule has 0 aliphatic carbocycles. The van der Waals surface area contributed by atoms with Crippen LogP contribution in [0.2, 0.25) is 0 Å². The van der Waals surface area contributed by atoms with Crippen LogP contribution >= 0.6 is 0 Å². The van der Waals surface area contributed by atoms with E-state index in [1.54, 1.807) is 25.1 Å². The van der Waals surface area contributed by atoms with Crippen LogP contribution in [0, 0.1) is 5.82 Å². The molecule has 0 fully saturated rings. The number of esters is 2. The highest BCUT2D eigenvalue weighted by Gasteiger charge is 2.37. The minimum atomic E-state index is -1.05. The summed E-state index contributed by atoms with van der Waals surface area (Å²) in [6.45, 7) is 1.32. The van der Waals surface area contributed by atoms with Gasteiger partial charge in [-0.3, -0.25) is 0 Å². The molecule has 2 amide bonds. The van der Waals surface area contributed by atoms with Gasteiger partial charge in [0.05, 0.1) is 29.9 Å². The lowest BCUT2D eigenvalue weighted by molar-refractivity contribution is -0.154. The SMILES string of the molecule is CCOC(=O)C1=C(COC(=O)C2CC(c3cccc(F)c3)=NO2)NC(=O)NC1c1ccco1. The fraction of sp³-hybridized carbons (Fsp3) is 0.273. The highest BCUT2D eigenvalue weighted by Crippen LogP contribution is 2.28. The Kier molecular flexibility index (Phi) is 6.38. The molecule has 0 bridgehead atoms. The summed E-state index contributed by atoms with van der Waals surface area (Å²) >= 11 is 0. The topological polar surface area (TPSA) is 128 Å². The third-order valence-electron chi connectivity index (χ3n) is 4.93. The molecule has 4 rings (SSSR count). The molecule has 0 saturated heterocycles. The average Bonchev–Trinajstić information content (AvgIpc) is 3.49. The van der Waals surface area contributed by atoms with E-state index in [9.17, 15) is 18.8 Å². The van der Waals surface area contributed by atoms with Gasteiger partial charge in [-0.15, -0.1) is 0 Å². The number of oxime groups is 1. The number of urea groups is 1. The zero-order valence-electron chi connectivity index (χ0n) is 17.5. The molecule has 0 saturated carbocycles. The standard InChI is InChI=1S/C22H20FN3O7/c1-2-30-21(28)18-15(24-22(29)25-19(18)16-7-4-8-31-16)11-32-20(27)17-10-14(26-33-17)12-5-3-6-13(23)9-12/h3-9,17,19H,2,10-11H2,1H3,(H2,24,25,29). The van der Waals surface area contributed by atoms with E-state index in [0.717, 1.165) is 0 Å². The maximum atomic E-state index is 13.4. The van der Waals surface area contributed by atoms with E-state index in [2.05, 4.69) is 15.8 Å². The van der Waals surface area contributed by atoms with Crippen LogP contribution in [0.1, 0.15) is 30.7 Å². The number of carbonyl (C=O) groups is 3. The number of rotatable bonds is 7. The Labute approximate surface area is 187 Å². The average molecular weight is 457 g/mol. The van der Waals surface area contributed by atoms with E-state index in [0.29, 0.717) is 17.0 Å². The first-order valence-electron chi connectivity index (χ1n) is 10.1. The molecule has 2 unspecified atom stereocenters. The van der Waals surface area contributed by atoms with E-state index in [1.807, 2.05) is 0 Å². The van der Waals surface area contributed by atoms with E-state index < -0.39 is 42.5 Å². The van der Waals surface area contributed by atoms with Gasteiger partial charge < -0.3 is 29.4 Å². The number of amides is 2. The van der Waals surface area contributed by atoms with Gasteiger partial charge in [0.1, 0.15) is 24.2 Å². The van der Waals surface area contributed by atoms with Crippen LogP contribution in [-0.4, -0.2) is 43.0 Å². The second-order valence-corrected chi connectivity index (χ2v) is 7.11. The van der Waals surface area contributed by atoms with Crippen LogP contribution in [-0.2, 0) is 23.9 Å². The molecule has 2 N–H and O–H groups in total. The molecule has 11 heteroatoms. The number of carbonyl (C=O) groups excluding carboxylic acids is 3. The summed E-state index contributed by atoms with van der Waals surface area (Å²) < 4.78 is 29.2. The lowest BCUT2D eigenvalue weighted by Gasteiger charge is -2.27. The van der Waals surface area contributed by atoms with Gasteiger partial charge >= 0.3 is 18.0 Å². The predicted molar refractivity (Wildman–Crippen MR) is 110 cm³/mol. The third-order valence-corrected chi connectivity index (χ3v) is 4.93. The van der Waals surface area contributed by atoms with Crippen molar-refractivity contribution in [2.75, 3.05) is 13.2 Å². The van der Waals surface area contributed by atoms with Gasteiger partial charge in [-0.05, 0) is 31.2 Å². The Hall–Kier alpha value is -4.15. The molecule has 0 spiro atoms. The summed E-state index contributed by atoms with van der Waals surface area (Å²) in [6.07, 6.45) is 0.433. The largest absolute Gasteiger partial charge is 0.467 e. The number of nitrogens with one attached hydrogen (secondary N) is 2. The highest BCUT2D eigenvalue weighted by atomic mass is 19.1. The van der Waals surface area contributed by atoms with Gasteiger partial charge in [0.15, 0.2) is 0 Å². The third kappa shape index (κ3) is 4.86. The Bertz CT molecular complexity index is 1130. The molecular weight excluding hydrogens is 437 g/mol. The van der Waals surface area contributed by atoms with Crippen molar-refractivity contribution >= 4 is 23.7 Å². The van der Waals surface area contributed by atoms with Gasteiger partial charge in [0.2, 0.25) is 6.10 Å². The molecule has 33 heavy (non-hydrogen) atoms. The maximum Gasteiger partial charge on any atom is 0.351 e. The Balaban J connectivity index is 1.48. The smallest absolute Gasteiger partial charge is 0.351 e.